The molecule has 0 aliphatic heterocycles. The Balaban J connectivity index is 1.79. The van der Waals surface area contributed by atoms with E-state index in [0.29, 0.717) is 12.5 Å². The molecule has 19 heavy (non-hydrogen) atoms. The highest BCUT2D eigenvalue weighted by Crippen LogP contribution is 2.20. The van der Waals surface area contributed by atoms with Crippen LogP contribution < -0.4 is 10.1 Å². The summed E-state index contributed by atoms with van der Waals surface area (Å²) in [5.41, 5.74) is 2.35. The van der Waals surface area contributed by atoms with E-state index in [4.69, 9.17) is 4.74 Å². The fourth-order valence-electron chi connectivity index (χ4n) is 1.94. The van der Waals surface area contributed by atoms with Gasteiger partial charge in [0.05, 0.1) is 12.3 Å². The number of benzene rings is 1. The van der Waals surface area contributed by atoms with E-state index in [1.807, 2.05) is 25.1 Å². The molecular weight excluding hydrogens is 236 g/mol. The molecule has 0 bridgehead atoms. The van der Waals surface area contributed by atoms with Crippen LogP contribution >= 0.6 is 0 Å². The van der Waals surface area contributed by atoms with E-state index >= 15 is 0 Å². The molecule has 0 radical (unpaired) electrons. The number of nitrogens with one attached hydrogen (secondary N) is 1. The van der Waals surface area contributed by atoms with Gasteiger partial charge >= 0.3 is 0 Å². The van der Waals surface area contributed by atoms with E-state index in [1.165, 1.54) is 5.56 Å². The molecule has 1 heterocycles. The van der Waals surface area contributed by atoms with Crippen molar-refractivity contribution >= 4 is 5.69 Å². The zero-order chi connectivity index (χ0) is 13.3. The summed E-state index contributed by atoms with van der Waals surface area (Å²) in [6.07, 6.45) is 3.92. The molecule has 2 rings (SSSR count). The van der Waals surface area contributed by atoms with Crippen molar-refractivity contribution in [2.45, 2.75) is 19.8 Å². The van der Waals surface area contributed by atoms with Crippen LogP contribution in [0, 0.1) is 0 Å². The van der Waals surface area contributed by atoms with Crippen molar-refractivity contribution in [3.8, 4) is 5.88 Å². The summed E-state index contributed by atoms with van der Waals surface area (Å²) in [6, 6.07) is 14.5. The first-order chi connectivity index (χ1) is 9.40. The first-order valence-electron chi connectivity index (χ1n) is 6.75. The number of anilines is 1. The summed E-state index contributed by atoms with van der Waals surface area (Å²) in [4.78, 5) is 4.22. The third-order valence-electron chi connectivity index (χ3n) is 2.85. The molecule has 0 atom stereocenters. The van der Waals surface area contributed by atoms with Gasteiger partial charge in [-0.05, 0) is 37.5 Å². The summed E-state index contributed by atoms with van der Waals surface area (Å²) < 4.78 is 5.48. The Morgan fingerprint density at radius 1 is 1.11 bits per heavy atom. The summed E-state index contributed by atoms with van der Waals surface area (Å²) >= 11 is 0. The van der Waals surface area contributed by atoms with E-state index in [-0.39, 0.29) is 0 Å². The van der Waals surface area contributed by atoms with Gasteiger partial charge in [0.1, 0.15) is 0 Å². The molecule has 0 aliphatic rings. The van der Waals surface area contributed by atoms with Crippen molar-refractivity contribution in [1.82, 2.24) is 4.98 Å². The molecule has 0 saturated heterocycles. The molecule has 1 aromatic carbocycles. The fraction of sp³-hybridized carbons (Fsp3) is 0.312. The maximum atomic E-state index is 5.48. The number of rotatable bonds is 7. The minimum atomic E-state index is 0.635. The molecular formula is C16H20N2O. The standard InChI is InChI=1S/C16H20N2O/c1-2-19-16-15(11-7-13-18-16)17-12-6-10-14-8-4-3-5-9-14/h3-5,7-9,11,13,17H,2,6,10,12H2,1H3. The summed E-state index contributed by atoms with van der Waals surface area (Å²) in [6.45, 7) is 3.52. The second-order valence-electron chi connectivity index (χ2n) is 4.31. The smallest absolute Gasteiger partial charge is 0.237 e. The van der Waals surface area contributed by atoms with Crippen molar-refractivity contribution in [1.29, 1.82) is 0 Å². The molecule has 0 aliphatic carbocycles. The molecule has 2 aromatic rings. The monoisotopic (exact) mass is 256 g/mol. The number of ether oxygens (including phenoxy) is 1. The van der Waals surface area contributed by atoms with Gasteiger partial charge < -0.3 is 10.1 Å². The third kappa shape index (κ3) is 4.28. The lowest BCUT2D eigenvalue weighted by molar-refractivity contribution is 0.328. The molecule has 100 valence electrons. The predicted octanol–water partition coefficient (Wildman–Crippen LogP) is 3.53. The van der Waals surface area contributed by atoms with Crippen molar-refractivity contribution in [3.63, 3.8) is 0 Å². The highest BCUT2D eigenvalue weighted by atomic mass is 16.5. The van der Waals surface area contributed by atoms with Gasteiger partial charge in [-0.15, -0.1) is 0 Å². The third-order valence-corrected chi connectivity index (χ3v) is 2.85. The molecule has 0 unspecified atom stereocenters. The SMILES string of the molecule is CCOc1ncccc1NCCCc1ccccc1. The van der Waals surface area contributed by atoms with Gasteiger partial charge in [-0.2, -0.15) is 0 Å². The Bertz CT molecular complexity index is 485. The lowest BCUT2D eigenvalue weighted by atomic mass is 10.1. The molecule has 0 fully saturated rings. The van der Waals surface area contributed by atoms with Gasteiger partial charge in [0.2, 0.25) is 5.88 Å². The molecule has 1 aromatic heterocycles. The van der Waals surface area contributed by atoms with Gasteiger partial charge in [0.15, 0.2) is 0 Å². The molecule has 1 N–H and O–H groups in total. The maximum absolute atomic E-state index is 5.48. The van der Waals surface area contributed by atoms with Gasteiger partial charge in [-0.25, -0.2) is 4.98 Å². The van der Waals surface area contributed by atoms with Crippen LogP contribution in [-0.2, 0) is 6.42 Å². The van der Waals surface area contributed by atoms with E-state index in [9.17, 15) is 0 Å². The van der Waals surface area contributed by atoms with Crippen LogP contribution in [0.2, 0.25) is 0 Å². The lowest BCUT2D eigenvalue weighted by Gasteiger charge is -2.10. The van der Waals surface area contributed by atoms with E-state index < -0.39 is 0 Å². The molecule has 0 spiro atoms. The van der Waals surface area contributed by atoms with Crippen LogP contribution in [0.15, 0.2) is 48.7 Å². The van der Waals surface area contributed by atoms with E-state index in [0.717, 1.165) is 25.1 Å². The van der Waals surface area contributed by atoms with E-state index in [2.05, 4.69) is 34.6 Å². The zero-order valence-corrected chi connectivity index (χ0v) is 11.3. The van der Waals surface area contributed by atoms with Crippen molar-refractivity contribution in [2.75, 3.05) is 18.5 Å². The van der Waals surface area contributed by atoms with Gasteiger partial charge in [-0.3, -0.25) is 0 Å². The highest BCUT2D eigenvalue weighted by molar-refractivity contribution is 5.51. The van der Waals surface area contributed by atoms with Crippen LogP contribution in [0.5, 0.6) is 5.88 Å². The molecule has 0 saturated carbocycles. The first-order valence-corrected chi connectivity index (χ1v) is 6.75. The van der Waals surface area contributed by atoms with Crippen molar-refractivity contribution < 1.29 is 4.74 Å². The number of hydrogen-bond donors (Lipinski definition) is 1. The number of nitrogens with zero attached hydrogens (tertiary/aromatic N) is 1. The average molecular weight is 256 g/mol. The predicted molar refractivity (Wildman–Crippen MR) is 78.7 cm³/mol. The van der Waals surface area contributed by atoms with Crippen LogP contribution in [0.25, 0.3) is 0 Å². The first kappa shape index (κ1) is 13.4. The number of hydrogen-bond acceptors (Lipinski definition) is 3. The molecule has 3 nitrogen and oxygen atoms in total. The minimum absolute atomic E-state index is 0.635. The number of aromatic nitrogens is 1. The second kappa shape index (κ2) is 7.41. The van der Waals surface area contributed by atoms with Crippen molar-refractivity contribution in [2.24, 2.45) is 0 Å². The second-order valence-corrected chi connectivity index (χ2v) is 4.31. The zero-order valence-electron chi connectivity index (χ0n) is 11.3. The molecule has 3 heteroatoms. The Kier molecular flexibility index (Phi) is 5.23. The van der Waals surface area contributed by atoms with Crippen LogP contribution in [0.4, 0.5) is 5.69 Å². The average Bonchev–Trinajstić information content (AvgIpc) is 2.47. The quantitative estimate of drug-likeness (QED) is 0.770. The summed E-state index contributed by atoms with van der Waals surface area (Å²) in [7, 11) is 0. The Labute approximate surface area is 114 Å². The summed E-state index contributed by atoms with van der Waals surface area (Å²) in [5, 5.41) is 3.38. The minimum Gasteiger partial charge on any atom is -0.476 e. The van der Waals surface area contributed by atoms with Crippen LogP contribution in [0.1, 0.15) is 18.9 Å². The normalized spacial score (nSPS) is 10.2. The van der Waals surface area contributed by atoms with Gasteiger partial charge in [-0.1, -0.05) is 30.3 Å². The van der Waals surface area contributed by atoms with Gasteiger partial charge in [0.25, 0.3) is 0 Å². The number of pyridine rings is 1. The molecule has 0 amide bonds. The maximum Gasteiger partial charge on any atom is 0.237 e. The van der Waals surface area contributed by atoms with Gasteiger partial charge in [0, 0.05) is 12.7 Å². The topological polar surface area (TPSA) is 34.1 Å². The van der Waals surface area contributed by atoms with Crippen molar-refractivity contribution in [3.05, 3.63) is 54.2 Å². The Hall–Kier alpha value is -2.03. The van der Waals surface area contributed by atoms with E-state index in [1.54, 1.807) is 6.20 Å². The summed E-state index contributed by atoms with van der Waals surface area (Å²) in [5.74, 6) is 0.685. The number of aryl methyl sites for hydroxylation is 1. The highest BCUT2D eigenvalue weighted by Gasteiger charge is 2.02. The Morgan fingerprint density at radius 2 is 1.95 bits per heavy atom. The Morgan fingerprint density at radius 3 is 2.74 bits per heavy atom. The van der Waals surface area contributed by atoms with Crippen LogP contribution in [0.3, 0.4) is 0 Å². The lowest BCUT2D eigenvalue weighted by Crippen LogP contribution is -2.06. The van der Waals surface area contributed by atoms with Crippen LogP contribution in [-0.4, -0.2) is 18.1 Å². The largest absolute Gasteiger partial charge is 0.476 e. The fourth-order valence-corrected chi connectivity index (χ4v) is 1.94.